The summed E-state index contributed by atoms with van der Waals surface area (Å²) in [5, 5.41) is 37.8. The highest BCUT2D eigenvalue weighted by Gasteiger charge is 2.19. The van der Waals surface area contributed by atoms with Crippen molar-refractivity contribution in [1.29, 1.82) is 15.8 Å². The maximum atomic E-state index is 10.7. The van der Waals surface area contributed by atoms with Crippen LogP contribution in [-0.4, -0.2) is 0 Å². The third kappa shape index (κ3) is 8.09. The Morgan fingerprint density at radius 2 is 0.444 bits per heavy atom. The first-order valence-corrected chi connectivity index (χ1v) is 26.7. The van der Waals surface area contributed by atoms with Gasteiger partial charge in [-0.05, 0) is 175 Å². The normalized spacial score (nSPS) is 11.4. The third-order valence-corrected chi connectivity index (χ3v) is 15.7. The van der Waals surface area contributed by atoms with Crippen LogP contribution in [0.15, 0.2) is 262 Å². The molecular formula is C75H41N3O3. The molecule has 0 N–H and O–H groups in total. The van der Waals surface area contributed by atoms with E-state index >= 15 is 0 Å². The molecule has 0 radical (unpaired) electrons. The van der Waals surface area contributed by atoms with E-state index in [1.54, 1.807) is 0 Å². The summed E-state index contributed by atoms with van der Waals surface area (Å²) in [5.74, 6) is 0. The number of nitriles is 3. The van der Waals surface area contributed by atoms with Gasteiger partial charge in [0.25, 0.3) is 0 Å². The van der Waals surface area contributed by atoms with Crippen molar-refractivity contribution in [2.75, 3.05) is 0 Å². The molecule has 0 aliphatic carbocycles. The van der Waals surface area contributed by atoms with Crippen LogP contribution in [0.1, 0.15) is 16.7 Å². The second kappa shape index (κ2) is 18.9. The predicted molar refractivity (Wildman–Crippen MR) is 326 cm³/mol. The van der Waals surface area contributed by atoms with Gasteiger partial charge in [0, 0.05) is 49.0 Å². The molecule has 0 amide bonds. The minimum Gasteiger partial charge on any atom is -0.455 e. The molecule has 0 saturated heterocycles. The number of hydrogen-bond acceptors (Lipinski definition) is 6. The number of furan rings is 3. The van der Waals surface area contributed by atoms with Crippen LogP contribution in [0, 0.1) is 34.0 Å². The van der Waals surface area contributed by atoms with Crippen LogP contribution >= 0.6 is 0 Å². The van der Waals surface area contributed by atoms with E-state index < -0.39 is 0 Å². The highest BCUT2D eigenvalue weighted by Crippen LogP contribution is 2.43. The number of benzene rings is 12. The summed E-state index contributed by atoms with van der Waals surface area (Å²) in [4.78, 5) is 0. The van der Waals surface area contributed by atoms with Gasteiger partial charge in [0.05, 0.1) is 34.9 Å². The minimum absolute atomic E-state index is 0.518. The monoisotopic (exact) mass is 1030 g/mol. The molecule has 0 aliphatic rings. The van der Waals surface area contributed by atoms with E-state index in [9.17, 15) is 15.8 Å². The first-order chi connectivity index (χ1) is 39.9. The van der Waals surface area contributed by atoms with Crippen LogP contribution in [0.4, 0.5) is 0 Å². The molecule has 0 unspecified atom stereocenters. The molecule has 0 bridgehead atoms. The number of nitrogens with zero attached hydrogens (tertiary/aromatic N) is 3. The zero-order chi connectivity index (χ0) is 54.1. The van der Waals surface area contributed by atoms with Crippen molar-refractivity contribution in [2.45, 2.75) is 0 Å². The van der Waals surface area contributed by atoms with E-state index in [0.717, 1.165) is 155 Å². The average molecular weight is 1030 g/mol. The van der Waals surface area contributed by atoms with Gasteiger partial charge in [0.15, 0.2) is 0 Å². The molecule has 3 aromatic heterocycles. The van der Waals surface area contributed by atoms with Gasteiger partial charge in [-0.1, -0.05) is 146 Å². The van der Waals surface area contributed by atoms with E-state index in [1.165, 1.54) is 0 Å². The van der Waals surface area contributed by atoms with Crippen molar-refractivity contribution >= 4 is 65.8 Å². The Bertz CT molecular complexity index is 5010. The predicted octanol–water partition coefficient (Wildman–Crippen LogP) is 20.3. The van der Waals surface area contributed by atoms with E-state index in [-0.39, 0.29) is 0 Å². The van der Waals surface area contributed by atoms with Crippen molar-refractivity contribution in [1.82, 2.24) is 0 Å². The summed E-state index contributed by atoms with van der Waals surface area (Å²) in [6.45, 7) is 0. The van der Waals surface area contributed by atoms with Gasteiger partial charge >= 0.3 is 0 Å². The lowest BCUT2D eigenvalue weighted by atomic mass is 9.89. The largest absolute Gasteiger partial charge is 0.455 e. The molecule has 15 rings (SSSR count). The zero-order valence-electron chi connectivity index (χ0n) is 43.2. The molecule has 0 saturated carbocycles. The molecule has 12 aromatic carbocycles. The van der Waals surface area contributed by atoms with E-state index in [2.05, 4.69) is 158 Å². The fourth-order valence-electron chi connectivity index (χ4n) is 11.9. The Labute approximate surface area is 465 Å². The van der Waals surface area contributed by atoms with Gasteiger partial charge in [-0.15, -0.1) is 0 Å². The molecular weight excluding hydrogens is 991 g/mol. The molecule has 81 heavy (non-hydrogen) atoms. The molecule has 3 heterocycles. The molecule has 6 heteroatoms. The van der Waals surface area contributed by atoms with Crippen LogP contribution in [0.3, 0.4) is 0 Å². The Hall–Kier alpha value is -11.5. The van der Waals surface area contributed by atoms with E-state index in [0.29, 0.717) is 16.7 Å². The van der Waals surface area contributed by atoms with Crippen LogP contribution in [0.5, 0.6) is 0 Å². The van der Waals surface area contributed by atoms with Crippen molar-refractivity contribution in [2.24, 2.45) is 0 Å². The summed E-state index contributed by atoms with van der Waals surface area (Å²) < 4.78 is 19.5. The van der Waals surface area contributed by atoms with E-state index in [4.69, 9.17) is 13.3 Å². The standard InChI is InChI=1S/C75H41N3O3/c76-42-45-28-52(39-58(31-45)61-19-9-22-67-64-16-1-4-25-70(64)79-73(61)67)48-12-7-14-50(34-48)55-36-56(38-57(37-55)54-30-47(44-78)33-60(41-54)63-21-11-24-69-66-18-3-6-27-72(66)81-75(63)69)51-15-8-13-49(35-51)53-29-46(43-77)32-59(40-53)62-20-10-23-68-65-17-2-5-26-71(65)80-74(62)68/h1-41H. The Morgan fingerprint density at radius 1 is 0.210 bits per heavy atom. The zero-order valence-corrected chi connectivity index (χ0v) is 43.2. The van der Waals surface area contributed by atoms with E-state index in [1.807, 2.05) is 109 Å². The maximum Gasteiger partial charge on any atom is 0.143 e. The Balaban J connectivity index is 0.885. The number of hydrogen-bond donors (Lipinski definition) is 0. The Morgan fingerprint density at radius 3 is 0.778 bits per heavy atom. The van der Waals surface area contributed by atoms with Crippen molar-refractivity contribution in [3.8, 4) is 107 Å². The lowest BCUT2D eigenvalue weighted by molar-refractivity contribution is 0.669. The van der Waals surface area contributed by atoms with Crippen molar-refractivity contribution in [3.63, 3.8) is 0 Å². The summed E-state index contributed by atoms with van der Waals surface area (Å²) in [6, 6.07) is 91.5. The maximum absolute atomic E-state index is 10.7. The first kappa shape index (κ1) is 46.8. The van der Waals surface area contributed by atoms with Gasteiger partial charge in [0.2, 0.25) is 0 Å². The van der Waals surface area contributed by atoms with Crippen LogP contribution in [-0.2, 0) is 0 Å². The number of fused-ring (bicyclic) bond motifs is 9. The van der Waals surface area contributed by atoms with Gasteiger partial charge in [-0.3, -0.25) is 0 Å². The third-order valence-electron chi connectivity index (χ3n) is 15.7. The quantitative estimate of drug-likeness (QED) is 0.150. The summed E-state index contributed by atoms with van der Waals surface area (Å²) in [6.07, 6.45) is 0. The topological polar surface area (TPSA) is 111 Å². The fraction of sp³-hybridized carbons (Fsp3) is 0. The second-order valence-electron chi connectivity index (χ2n) is 20.5. The fourth-order valence-corrected chi connectivity index (χ4v) is 11.9. The van der Waals surface area contributed by atoms with Gasteiger partial charge < -0.3 is 13.3 Å². The lowest BCUT2D eigenvalue weighted by Crippen LogP contribution is -1.91. The van der Waals surface area contributed by atoms with Crippen LogP contribution in [0.25, 0.3) is 155 Å². The summed E-state index contributed by atoms with van der Waals surface area (Å²) in [5.41, 5.74) is 21.0. The van der Waals surface area contributed by atoms with Crippen LogP contribution in [0.2, 0.25) is 0 Å². The minimum atomic E-state index is 0.518. The van der Waals surface area contributed by atoms with Crippen LogP contribution < -0.4 is 0 Å². The molecule has 0 aliphatic heterocycles. The highest BCUT2D eigenvalue weighted by molar-refractivity contribution is 6.12. The molecule has 6 nitrogen and oxygen atoms in total. The summed E-state index contributed by atoms with van der Waals surface area (Å²) in [7, 11) is 0. The SMILES string of the molecule is N#Cc1cc(-c2cccc(-c3cc(-c4cccc(-c5cc(C#N)cc(-c6cccc7c6oc6ccccc67)c5)c4)cc(-c4cc(C#N)cc(-c5cccc6c5oc5ccccc56)c4)c3)c2)cc(-c2cccc3c2oc2ccccc23)c1. The van der Waals surface area contributed by atoms with Crippen molar-refractivity contribution < 1.29 is 13.3 Å². The number of rotatable bonds is 8. The Kier molecular flexibility index (Phi) is 10.9. The summed E-state index contributed by atoms with van der Waals surface area (Å²) >= 11 is 0. The van der Waals surface area contributed by atoms with Gasteiger partial charge in [-0.2, -0.15) is 15.8 Å². The highest BCUT2D eigenvalue weighted by atomic mass is 16.3. The molecule has 15 aromatic rings. The second-order valence-corrected chi connectivity index (χ2v) is 20.5. The van der Waals surface area contributed by atoms with Gasteiger partial charge in [-0.25, -0.2) is 0 Å². The smallest absolute Gasteiger partial charge is 0.143 e. The van der Waals surface area contributed by atoms with Gasteiger partial charge in [0.1, 0.15) is 33.5 Å². The first-order valence-electron chi connectivity index (χ1n) is 26.7. The lowest BCUT2D eigenvalue weighted by Gasteiger charge is -2.15. The number of para-hydroxylation sites is 6. The molecule has 0 spiro atoms. The molecule has 0 fully saturated rings. The average Bonchev–Trinajstić information content (AvgIpc) is 4.45. The molecule has 0 atom stereocenters. The molecule has 374 valence electrons. The van der Waals surface area contributed by atoms with Crippen molar-refractivity contribution in [3.05, 3.63) is 265 Å².